The molecule has 0 aliphatic heterocycles. The number of likely N-dealkylation sites (N-methyl/N-ethyl adjacent to an activating group) is 1. The van der Waals surface area contributed by atoms with Crippen LogP contribution in [0.3, 0.4) is 0 Å². The van der Waals surface area contributed by atoms with Gasteiger partial charge in [-0.05, 0) is 13.0 Å². The van der Waals surface area contributed by atoms with E-state index in [2.05, 4.69) is 16.0 Å². The van der Waals surface area contributed by atoms with Crippen molar-refractivity contribution in [2.45, 2.75) is 6.92 Å². The van der Waals surface area contributed by atoms with E-state index in [4.69, 9.17) is 0 Å². The number of nitro groups is 1. The molecular formula is C12H16N4O4. The molecule has 8 heteroatoms. The fraction of sp³-hybridized carbons (Fsp3) is 0.333. The predicted molar refractivity (Wildman–Crippen MR) is 73.7 cm³/mol. The van der Waals surface area contributed by atoms with Gasteiger partial charge < -0.3 is 16.0 Å². The Morgan fingerprint density at radius 2 is 2.00 bits per heavy atom. The summed E-state index contributed by atoms with van der Waals surface area (Å²) in [4.78, 5) is 33.3. The van der Waals surface area contributed by atoms with E-state index >= 15 is 0 Å². The van der Waals surface area contributed by atoms with E-state index in [0.717, 1.165) is 0 Å². The molecule has 0 unspecified atom stereocenters. The van der Waals surface area contributed by atoms with Crippen LogP contribution in [0.4, 0.5) is 11.4 Å². The summed E-state index contributed by atoms with van der Waals surface area (Å²) in [6.07, 6.45) is 0. The zero-order chi connectivity index (χ0) is 15.1. The molecule has 1 aromatic carbocycles. The average Bonchev–Trinajstić information content (AvgIpc) is 2.44. The number of benzene rings is 1. The molecule has 0 aliphatic carbocycles. The molecule has 0 bridgehead atoms. The highest BCUT2D eigenvalue weighted by Crippen LogP contribution is 2.21. The standard InChI is InChI=1S/C12H16N4O4/c1-3-14-11(17)7-15-12(18)9-6-8(16(19)20)4-5-10(9)13-2/h4-6,13H,3,7H2,1-2H3,(H,14,17)(H,15,18). The van der Waals surface area contributed by atoms with E-state index in [-0.39, 0.29) is 23.7 Å². The van der Waals surface area contributed by atoms with Crippen LogP contribution in [-0.4, -0.2) is 36.9 Å². The van der Waals surface area contributed by atoms with Crippen molar-refractivity contribution < 1.29 is 14.5 Å². The first kappa shape index (κ1) is 15.4. The number of hydrogen-bond acceptors (Lipinski definition) is 5. The third-order valence-corrected chi connectivity index (χ3v) is 2.51. The van der Waals surface area contributed by atoms with Gasteiger partial charge in [0, 0.05) is 31.4 Å². The monoisotopic (exact) mass is 280 g/mol. The summed E-state index contributed by atoms with van der Waals surface area (Å²) >= 11 is 0. The molecule has 108 valence electrons. The van der Waals surface area contributed by atoms with E-state index in [0.29, 0.717) is 12.2 Å². The Morgan fingerprint density at radius 1 is 1.30 bits per heavy atom. The molecule has 0 spiro atoms. The summed E-state index contributed by atoms with van der Waals surface area (Å²) in [6, 6.07) is 3.91. The quantitative estimate of drug-likeness (QED) is 0.519. The number of hydrogen-bond donors (Lipinski definition) is 3. The second kappa shape index (κ2) is 7.07. The second-order valence-corrected chi connectivity index (χ2v) is 3.87. The lowest BCUT2D eigenvalue weighted by Crippen LogP contribution is -2.36. The number of non-ortho nitro benzene ring substituents is 1. The highest BCUT2D eigenvalue weighted by atomic mass is 16.6. The van der Waals surface area contributed by atoms with E-state index in [1.54, 1.807) is 14.0 Å². The minimum Gasteiger partial charge on any atom is -0.387 e. The van der Waals surface area contributed by atoms with Crippen LogP contribution < -0.4 is 16.0 Å². The number of nitro benzene ring substituents is 1. The summed E-state index contributed by atoms with van der Waals surface area (Å²) in [6.45, 7) is 2.05. The van der Waals surface area contributed by atoms with Crippen molar-refractivity contribution in [1.82, 2.24) is 10.6 Å². The third kappa shape index (κ3) is 3.94. The fourth-order valence-corrected chi connectivity index (χ4v) is 1.57. The highest BCUT2D eigenvalue weighted by molar-refractivity contribution is 6.01. The Bertz CT molecular complexity index is 530. The van der Waals surface area contributed by atoms with E-state index < -0.39 is 10.8 Å². The van der Waals surface area contributed by atoms with Crippen molar-refractivity contribution >= 4 is 23.2 Å². The number of carbonyl (C=O) groups excluding carboxylic acids is 2. The Kier molecular flexibility index (Phi) is 5.45. The summed E-state index contributed by atoms with van der Waals surface area (Å²) < 4.78 is 0. The molecule has 2 amide bonds. The van der Waals surface area contributed by atoms with Gasteiger partial charge in [0.1, 0.15) is 0 Å². The second-order valence-electron chi connectivity index (χ2n) is 3.87. The molecule has 8 nitrogen and oxygen atoms in total. The van der Waals surface area contributed by atoms with Crippen molar-refractivity contribution in [3.8, 4) is 0 Å². The lowest BCUT2D eigenvalue weighted by molar-refractivity contribution is -0.384. The number of rotatable bonds is 6. The van der Waals surface area contributed by atoms with Crippen molar-refractivity contribution in [1.29, 1.82) is 0 Å². The van der Waals surface area contributed by atoms with Gasteiger partial charge >= 0.3 is 0 Å². The fourth-order valence-electron chi connectivity index (χ4n) is 1.57. The molecule has 0 radical (unpaired) electrons. The van der Waals surface area contributed by atoms with Crippen LogP contribution in [0.15, 0.2) is 18.2 Å². The van der Waals surface area contributed by atoms with Gasteiger partial charge in [0.05, 0.1) is 17.0 Å². The lowest BCUT2D eigenvalue weighted by atomic mass is 10.1. The van der Waals surface area contributed by atoms with Crippen LogP contribution in [0.5, 0.6) is 0 Å². The molecule has 0 atom stereocenters. The molecular weight excluding hydrogens is 264 g/mol. The molecule has 20 heavy (non-hydrogen) atoms. The topological polar surface area (TPSA) is 113 Å². The molecule has 0 saturated carbocycles. The maximum atomic E-state index is 12.0. The molecule has 3 N–H and O–H groups in total. The van der Waals surface area contributed by atoms with Crippen molar-refractivity contribution in [3.63, 3.8) is 0 Å². The Hall–Kier alpha value is -2.64. The van der Waals surface area contributed by atoms with E-state index in [9.17, 15) is 19.7 Å². The zero-order valence-electron chi connectivity index (χ0n) is 11.2. The van der Waals surface area contributed by atoms with Crippen LogP contribution in [0.2, 0.25) is 0 Å². The Morgan fingerprint density at radius 3 is 2.55 bits per heavy atom. The summed E-state index contributed by atoms with van der Waals surface area (Å²) in [5.74, 6) is -0.874. The number of nitrogens with one attached hydrogen (secondary N) is 3. The molecule has 0 aliphatic rings. The van der Waals surface area contributed by atoms with Crippen molar-refractivity contribution in [2.24, 2.45) is 0 Å². The number of anilines is 1. The van der Waals surface area contributed by atoms with Crippen LogP contribution >= 0.6 is 0 Å². The highest BCUT2D eigenvalue weighted by Gasteiger charge is 2.16. The van der Waals surface area contributed by atoms with Crippen LogP contribution in [0, 0.1) is 10.1 Å². The van der Waals surface area contributed by atoms with Gasteiger partial charge in [-0.3, -0.25) is 19.7 Å². The maximum Gasteiger partial charge on any atom is 0.270 e. The molecule has 0 fully saturated rings. The average molecular weight is 280 g/mol. The summed E-state index contributed by atoms with van der Waals surface area (Å²) in [5.41, 5.74) is 0.377. The van der Waals surface area contributed by atoms with Crippen LogP contribution in [0.25, 0.3) is 0 Å². The minimum absolute atomic E-state index is 0.117. The van der Waals surface area contributed by atoms with Gasteiger partial charge in [0.25, 0.3) is 11.6 Å². The number of carbonyl (C=O) groups is 2. The molecule has 1 aromatic rings. The van der Waals surface area contributed by atoms with Crippen molar-refractivity contribution in [2.75, 3.05) is 25.5 Å². The Labute approximate surface area is 115 Å². The van der Waals surface area contributed by atoms with Crippen LogP contribution in [0.1, 0.15) is 17.3 Å². The van der Waals surface area contributed by atoms with Crippen molar-refractivity contribution in [3.05, 3.63) is 33.9 Å². The third-order valence-electron chi connectivity index (χ3n) is 2.51. The number of nitrogens with zero attached hydrogens (tertiary/aromatic N) is 1. The Balaban J connectivity index is 2.87. The molecule has 0 saturated heterocycles. The number of amides is 2. The van der Waals surface area contributed by atoms with Gasteiger partial charge in [0.15, 0.2) is 0 Å². The van der Waals surface area contributed by atoms with Gasteiger partial charge in [-0.15, -0.1) is 0 Å². The first-order valence-electron chi connectivity index (χ1n) is 6.00. The van der Waals surface area contributed by atoms with E-state index in [1.807, 2.05) is 0 Å². The van der Waals surface area contributed by atoms with Gasteiger partial charge in [0.2, 0.25) is 5.91 Å². The lowest BCUT2D eigenvalue weighted by Gasteiger charge is -2.09. The van der Waals surface area contributed by atoms with Gasteiger partial charge in [-0.2, -0.15) is 0 Å². The first-order chi connectivity index (χ1) is 9.49. The van der Waals surface area contributed by atoms with Gasteiger partial charge in [-0.1, -0.05) is 0 Å². The molecule has 0 heterocycles. The van der Waals surface area contributed by atoms with Crippen LogP contribution in [-0.2, 0) is 4.79 Å². The smallest absolute Gasteiger partial charge is 0.270 e. The predicted octanol–water partition coefficient (Wildman–Crippen LogP) is 0.502. The SMILES string of the molecule is CCNC(=O)CNC(=O)c1cc([N+](=O)[O-])ccc1NC. The summed E-state index contributed by atoms with van der Waals surface area (Å²) in [5, 5.41) is 18.4. The first-order valence-corrected chi connectivity index (χ1v) is 6.00. The molecule has 1 rings (SSSR count). The molecule has 0 aromatic heterocycles. The minimum atomic E-state index is -0.583. The normalized spacial score (nSPS) is 9.70. The van der Waals surface area contributed by atoms with E-state index in [1.165, 1.54) is 18.2 Å². The zero-order valence-corrected chi connectivity index (χ0v) is 11.2. The van der Waals surface area contributed by atoms with Gasteiger partial charge in [-0.25, -0.2) is 0 Å². The largest absolute Gasteiger partial charge is 0.387 e. The summed E-state index contributed by atoms with van der Waals surface area (Å²) in [7, 11) is 1.60. The maximum absolute atomic E-state index is 12.0.